The lowest BCUT2D eigenvalue weighted by Crippen LogP contribution is -2.41. The molecule has 6 nitrogen and oxygen atoms in total. The Morgan fingerprint density at radius 1 is 1.04 bits per heavy atom. The Morgan fingerprint density at radius 3 is 2.40 bits per heavy atom. The SMILES string of the molecule is COc1cc2ncnc(N3CCC4(CCNC4)CC3)c2cc1OC.Cl. The van der Waals surface area contributed by atoms with Gasteiger partial charge in [-0.3, -0.25) is 0 Å². The molecule has 2 aliphatic rings. The average molecular weight is 365 g/mol. The van der Waals surface area contributed by atoms with Gasteiger partial charge < -0.3 is 19.7 Å². The lowest BCUT2D eigenvalue weighted by atomic mass is 9.78. The van der Waals surface area contributed by atoms with E-state index in [0.29, 0.717) is 11.2 Å². The van der Waals surface area contributed by atoms with E-state index in [9.17, 15) is 0 Å². The summed E-state index contributed by atoms with van der Waals surface area (Å²) in [6, 6.07) is 3.91. The minimum atomic E-state index is 0. The van der Waals surface area contributed by atoms with Gasteiger partial charge in [0.2, 0.25) is 0 Å². The zero-order chi connectivity index (χ0) is 16.6. The Bertz CT molecular complexity index is 739. The van der Waals surface area contributed by atoms with E-state index in [2.05, 4.69) is 20.2 Å². The summed E-state index contributed by atoms with van der Waals surface area (Å²) in [6.07, 6.45) is 5.39. The summed E-state index contributed by atoms with van der Waals surface area (Å²) < 4.78 is 10.8. The Hall–Kier alpha value is -1.79. The van der Waals surface area contributed by atoms with E-state index in [0.717, 1.165) is 48.6 Å². The molecule has 0 bridgehead atoms. The number of nitrogens with zero attached hydrogens (tertiary/aromatic N) is 3. The second-order valence-corrected chi connectivity index (χ2v) is 6.84. The molecule has 25 heavy (non-hydrogen) atoms. The molecule has 2 fully saturated rings. The van der Waals surface area contributed by atoms with Crippen molar-refractivity contribution in [3.63, 3.8) is 0 Å². The molecule has 1 aromatic carbocycles. The molecule has 1 N–H and O–H groups in total. The second-order valence-electron chi connectivity index (χ2n) is 6.84. The molecule has 2 saturated heterocycles. The van der Waals surface area contributed by atoms with Crippen LogP contribution < -0.4 is 19.7 Å². The van der Waals surface area contributed by atoms with Crippen molar-refractivity contribution < 1.29 is 9.47 Å². The van der Waals surface area contributed by atoms with Gasteiger partial charge in [0.05, 0.1) is 19.7 Å². The first-order chi connectivity index (χ1) is 11.7. The maximum atomic E-state index is 5.46. The topological polar surface area (TPSA) is 59.5 Å². The summed E-state index contributed by atoms with van der Waals surface area (Å²) in [5.74, 6) is 2.42. The number of anilines is 1. The number of nitrogens with one attached hydrogen (secondary N) is 1. The normalized spacial score (nSPS) is 19.0. The summed E-state index contributed by atoms with van der Waals surface area (Å²) >= 11 is 0. The molecule has 1 spiro atoms. The standard InChI is InChI=1S/C18H24N4O2.ClH/c1-23-15-9-13-14(10-16(15)24-2)20-12-21-17(13)22-7-4-18(5-8-22)3-6-19-11-18;/h9-10,12,19H,3-8,11H2,1-2H3;1H. The van der Waals surface area contributed by atoms with Crippen LogP contribution in [0.3, 0.4) is 0 Å². The van der Waals surface area contributed by atoms with Crippen LogP contribution in [0, 0.1) is 5.41 Å². The van der Waals surface area contributed by atoms with Crippen LogP contribution in [0.5, 0.6) is 11.5 Å². The van der Waals surface area contributed by atoms with Crippen LogP contribution in [0.1, 0.15) is 19.3 Å². The average Bonchev–Trinajstić information content (AvgIpc) is 3.08. The van der Waals surface area contributed by atoms with Gasteiger partial charge >= 0.3 is 0 Å². The van der Waals surface area contributed by atoms with Crippen LogP contribution in [-0.2, 0) is 0 Å². The van der Waals surface area contributed by atoms with Crippen molar-refractivity contribution >= 4 is 29.1 Å². The molecular weight excluding hydrogens is 340 g/mol. The van der Waals surface area contributed by atoms with E-state index in [1.165, 1.54) is 19.3 Å². The van der Waals surface area contributed by atoms with Gasteiger partial charge in [0.25, 0.3) is 0 Å². The zero-order valence-electron chi connectivity index (χ0n) is 14.7. The fraction of sp³-hybridized carbons (Fsp3) is 0.556. The van der Waals surface area contributed by atoms with E-state index >= 15 is 0 Å². The number of benzene rings is 1. The minimum absolute atomic E-state index is 0. The van der Waals surface area contributed by atoms with Crippen molar-refractivity contribution in [1.29, 1.82) is 0 Å². The first kappa shape index (κ1) is 18.0. The van der Waals surface area contributed by atoms with Gasteiger partial charge in [-0.15, -0.1) is 12.4 Å². The molecule has 7 heteroatoms. The number of aromatic nitrogens is 2. The first-order valence-electron chi connectivity index (χ1n) is 8.57. The Kier molecular flexibility index (Phi) is 5.20. The fourth-order valence-corrected chi connectivity index (χ4v) is 4.04. The van der Waals surface area contributed by atoms with Gasteiger partial charge in [-0.05, 0) is 37.3 Å². The smallest absolute Gasteiger partial charge is 0.162 e. The first-order valence-corrected chi connectivity index (χ1v) is 8.57. The highest BCUT2D eigenvalue weighted by molar-refractivity contribution is 5.92. The highest BCUT2D eigenvalue weighted by atomic mass is 35.5. The van der Waals surface area contributed by atoms with E-state index in [4.69, 9.17) is 9.47 Å². The lowest BCUT2D eigenvalue weighted by molar-refractivity contribution is 0.247. The van der Waals surface area contributed by atoms with Gasteiger partial charge in [0.1, 0.15) is 12.1 Å². The molecule has 0 aliphatic carbocycles. The molecule has 4 rings (SSSR count). The van der Waals surface area contributed by atoms with Crippen LogP contribution in [-0.4, -0.2) is 50.4 Å². The number of fused-ring (bicyclic) bond motifs is 1. The van der Waals surface area contributed by atoms with Crippen LogP contribution in [0.4, 0.5) is 5.82 Å². The van der Waals surface area contributed by atoms with Crippen molar-refractivity contribution in [3.8, 4) is 11.5 Å². The number of halogens is 1. The van der Waals surface area contributed by atoms with Gasteiger partial charge in [-0.25, -0.2) is 9.97 Å². The van der Waals surface area contributed by atoms with Gasteiger partial charge in [-0.2, -0.15) is 0 Å². The third-order valence-electron chi connectivity index (χ3n) is 5.58. The molecule has 2 aliphatic heterocycles. The van der Waals surface area contributed by atoms with Crippen molar-refractivity contribution in [2.75, 3.05) is 45.3 Å². The van der Waals surface area contributed by atoms with Crippen molar-refractivity contribution in [2.24, 2.45) is 5.41 Å². The molecule has 1 aromatic heterocycles. The molecule has 136 valence electrons. The summed E-state index contributed by atoms with van der Waals surface area (Å²) in [7, 11) is 3.30. The molecular formula is C18H25ClN4O2. The van der Waals surface area contributed by atoms with E-state index in [-0.39, 0.29) is 12.4 Å². The molecule has 0 unspecified atom stereocenters. The monoisotopic (exact) mass is 364 g/mol. The largest absolute Gasteiger partial charge is 0.493 e. The maximum Gasteiger partial charge on any atom is 0.162 e. The molecule has 0 atom stereocenters. The summed E-state index contributed by atoms with van der Waals surface area (Å²) in [5, 5.41) is 4.54. The number of ether oxygens (including phenoxy) is 2. The summed E-state index contributed by atoms with van der Waals surface area (Å²) in [4.78, 5) is 11.4. The molecule has 3 heterocycles. The number of hydrogen-bond acceptors (Lipinski definition) is 6. The van der Waals surface area contributed by atoms with Crippen LogP contribution in [0.15, 0.2) is 18.5 Å². The Balaban J connectivity index is 0.00000182. The van der Waals surface area contributed by atoms with Crippen LogP contribution in [0.2, 0.25) is 0 Å². The van der Waals surface area contributed by atoms with Gasteiger partial charge in [0.15, 0.2) is 11.5 Å². The molecule has 0 radical (unpaired) electrons. The third-order valence-corrected chi connectivity index (χ3v) is 5.58. The fourth-order valence-electron chi connectivity index (χ4n) is 4.04. The number of piperidine rings is 1. The number of rotatable bonds is 3. The molecule has 2 aromatic rings. The molecule has 0 saturated carbocycles. The highest BCUT2D eigenvalue weighted by Gasteiger charge is 2.37. The minimum Gasteiger partial charge on any atom is -0.493 e. The van der Waals surface area contributed by atoms with Gasteiger partial charge in [-0.1, -0.05) is 0 Å². The quantitative estimate of drug-likeness (QED) is 0.903. The predicted octanol–water partition coefficient (Wildman–Crippen LogP) is 2.65. The van der Waals surface area contributed by atoms with Crippen LogP contribution in [0.25, 0.3) is 10.9 Å². The van der Waals surface area contributed by atoms with Crippen LogP contribution >= 0.6 is 12.4 Å². The number of methoxy groups -OCH3 is 2. The van der Waals surface area contributed by atoms with E-state index < -0.39 is 0 Å². The van der Waals surface area contributed by atoms with Crippen molar-refractivity contribution in [3.05, 3.63) is 18.5 Å². The number of hydrogen-bond donors (Lipinski definition) is 1. The maximum absolute atomic E-state index is 5.46. The summed E-state index contributed by atoms with van der Waals surface area (Å²) in [5.41, 5.74) is 1.39. The Labute approximate surface area is 154 Å². The molecule has 0 amide bonds. The van der Waals surface area contributed by atoms with Crippen molar-refractivity contribution in [2.45, 2.75) is 19.3 Å². The summed E-state index contributed by atoms with van der Waals surface area (Å²) in [6.45, 7) is 4.41. The highest BCUT2D eigenvalue weighted by Crippen LogP contribution is 2.40. The van der Waals surface area contributed by atoms with Crippen molar-refractivity contribution in [1.82, 2.24) is 15.3 Å². The Morgan fingerprint density at radius 2 is 1.76 bits per heavy atom. The predicted molar refractivity (Wildman–Crippen MR) is 101 cm³/mol. The van der Waals surface area contributed by atoms with E-state index in [1.54, 1.807) is 20.5 Å². The second kappa shape index (κ2) is 7.22. The van der Waals surface area contributed by atoms with Gasteiger partial charge in [0, 0.05) is 31.1 Å². The third kappa shape index (κ3) is 3.20. The lowest BCUT2D eigenvalue weighted by Gasteiger charge is -2.39. The van der Waals surface area contributed by atoms with E-state index in [1.807, 2.05) is 12.1 Å². The zero-order valence-corrected chi connectivity index (χ0v) is 15.6.